The first-order valence-electron chi connectivity index (χ1n) is 5.71. The number of nitrogens with one attached hydrogen (secondary N) is 2. The van der Waals surface area contributed by atoms with E-state index in [0.717, 1.165) is 0 Å². The molecule has 0 saturated heterocycles. The smallest absolute Gasteiger partial charge is 0.248 e. The van der Waals surface area contributed by atoms with Gasteiger partial charge in [-0.2, -0.15) is 4.98 Å². The summed E-state index contributed by atoms with van der Waals surface area (Å²) in [4.78, 5) is 15.5. The molecule has 2 N–H and O–H groups in total. The van der Waals surface area contributed by atoms with Gasteiger partial charge in [-0.15, -0.1) is 5.10 Å². The van der Waals surface area contributed by atoms with Crippen molar-refractivity contribution in [2.24, 2.45) is 0 Å². The number of aromatic amines is 1. The minimum Gasteiger partial charge on any atom is -0.493 e. The first-order valence-corrected chi connectivity index (χ1v) is 5.71. The van der Waals surface area contributed by atoms with E-state index in [-0.39, 0.29) is 30.7 Å². The molecule has 1 heterocycles. The molecular formula is C12H13FN4O2. The summed E-state index contributed by atoms with van der Waals surface area (Å²) < 4.78 is 18.1. The standard InChI is InChI=1S/C12H13FN4O2/c1-8-14-12(17-16-8)15-11(18)5-6-19-10-4-2-3-9(13)7-10/h2-4,7H,5-6H2,1H3,(H2,14,15,16,17,18). The summed E-state index contributed by atoms with van der Waals surface area (Å²) in [5.41, 5.74) is 0. The predicted octanol–water partition coefficient (Wildman–Crippen LogP) is 1.66. The van der Waals surface area contributed by atoms with Gasteiger partial charge in [0.25, 0.3) is 0 Å². The lowest BCUT2D eigenvalue weighted by Crippen LogP contribution is -2.16. The number of ether oxygens (including phenoxy) is 1. The third-order valence-electron chi connectivity index (χ3n) is 2.24. The van der Waals surface area contributed by atoms with E-state index in [1.807, 2.05) is 0 Å². The van der Waals surface area contributed by atoms with E-state index in [2.05, 4.69) is 20.5 Å². The molecule has 0 atom stereocenters. The number of nitrogens with zero attached hydrogens (tertiary/aromatic N) is 2. The van der Waals surface area contributed by atoms with Crippen molar-refractivity contribution in [2.75, 3.05) is 11.9 Å². The summed E-state index contributed by atoms with van der Waals surface area (Å²) in [6.45, 7) is 1.88. The zero-order valence-electron chi connectivity index (χ0n) is 10.3. The lowest BCUT2D eigenvalue weighted by Gasteiger charge is -2.05. The number of hydrogen-bond donors (Lipinski definition) is 2. The van der Waals surface area contributed by atoms with E-state index in [1.54, 1.807) is 19.1 Å². The van der Waals surface area contributed by atoms with Gasteiger partial charge in [-0.05, 0) is 19.1 Å². The Morgan fingerprint density at radius 2 is 2.37 bits per heavy atom. The maximum absolute atomic E-state index is 12.9. The molecule has 0 saturated carbocycles. The number of carbonyl (C=O) groups is 1. The molecule has 1 aromatic carbocycles. The van der Waals surface area contributed by atoms with Gasteiger partial charge in [-0.1, -0.05) is 6.07 Å². The van der Waals surface area contributed by atoms with Crippen LogP contribution in [-0.4, -0.2) is 27.7 Å². The highest BCUT2D eigenvalue weighted by molar-refractivity contribution is 5.88. The van der Waals surface area contributed by atoms with Gasteiger partial charge in [-0.3, -0.25) is 15.2 Å². The molecule has 0 bridgehead atoms. The fourth-order valence-corrected chi connectivity index (χ4v) is 1.40. The van der Waals surface area contributed by atoms with E-state index in [1.165, 1.54) is 12.1 Å². The summed E-state index contributed by atoms with van der Waals surface area (Å²) >= 11 is 0. The number of hydrogen-bond acceptors (Lipinski definition) is 4. The van der Waals surface area contributed by atoms with Crippen molar-refractivity contribution >= 4 is 11.9 Å². The van der Waals surface area contributed by atoms with Gasteiger partial charge >= 0.3 is 0 Å². The lowest BCUT2D eigenvalue weighted by molar-refractivity contribution is -0.116. The first kappa shape index (κ1) is 13.0. The van der Waals surface area contributed by atoms with Gasteiger partial charge in [-0.25, -0.2) is 4.39 Å². The van der Waals surface area contributed by atoms with Gasteiger partial charge < -0.3 is 4.74 Å². The fourth-order valence-electron chi connectivity index (χ4n) is 1.40. The van der Waals surface area contributed by atoms with Crippen LogP contribution in [0.2, 0.25) is 0 Å². The molecule has 2 aromatic rings. The molecule has 2 rings (SSSR count). The van der Waals surface area contributed by atoms with Crippen molar-refractivity contribution < 1.29 is 13.9 Å². The monoisotopic (exact) mass is 264 g/mol. The number of aryl methyl sites for hydroxylation is 1. The largest absolute Gasteiger partial charge is 0.493 e. The maximum Gasteiger partial charge on any atom is 0.248 e. The zero-order chi connectivity index (χ0) is 13.7. The van der Waals surface area contributed by atoms with Gasteiger partial charge in [0.05, 0.1) is 13.0 Å². The Bertz CT molecular complexity index is 570. The Morgan fingerprint density at radius 1 is 1.53 bits per heavy atom. The highest BCUT2D eigenvalue weighted by atomic mass is 19.1. The minimum atomic E-state index is -0.377. The van der Waals surface area contributed by atoms with Crippen molar-refractivity contribution in [3.8, 4) is 5.75 Å². The molecule has 0 fully saturated rings. The topological polar surface area (TPSA) is 79.9 Å². The van der Waals surface area contributed by atoms with Crippen LogP contribution in [0, 0.1) is 12.7 Å². The second-order valence-electron chi connectivity index (χ2n) is 3.85. The third-order valence-corrected chi connectivity index (χ3v) is 2.24. The molecule has 0 aliphatic carbocycles. The molecular weight excluding hydrogens is 251 g/mol. The molecule has 19 heavy (non-hydrogen) atoms. The molecule has 0 unspecified atom stereocenters. The Labute approximate surface area is 109 Å². The lowest BCUT2D eigenvalue weighted by atomic mass is 10.3. The van der Waals surface area contributed by atoms with E-state index < -0.39 is 0 Å². The molecule has 100 valence electrons. The molecule has 6 nitrogen and oxygen atoms in total. The van der Waals surface area contributed by atoms with Gasteiger partial charge in [0, 0.05) is 6.07 Å². The van der Waals surface area contributed by atoms with Gasteiger partial charge in [0.1, 0.15) is 17.4 Å². The molecule has 1 amide bonds. The SMILES string of the molecule is Cc1nc(NC(=O)CCOc2cccc(F)c2)n[nH]1. The van der Waals surface area contributed by atoms with E-state index in [9.17, 15) is 9.18 Å². The average Bonchev–Trinajstić information content (AvgIpc) is 2.75. The van der Waals surface area contributed by atoms with Crippen LogP contribution in [0.5, 0.6) is 5.75 Å². The molecule has 0 spiro atoms. The van der Waals surface area contributed by atoms with E-state index >= 15 is 0 Å². The van der Waals surface area contributed by atoms with Crippen LogP contribution >= 0.6 is 0 Å². The summed E-state index contributed by atoms with van der Waals surface area (Å²) in [7, 11) is 0. The predicted molar refractivity (Wildman–Crippen MR) is 66.3 cm³/mol. The van der Waals surface area contributed by atoms with Crippen molar-refractivity contribution in [3.05, 3.63) is 35.9 Å². The third kappa shape index (κ3) is 4.06. The number of carbonyl (C=O) groups excluding carboxylic acids is 1. The number of anilines is 1. The molecule has 0 aliphatic heterocycles. The van der Waals surface area contributed by atoms with Crippen LogP contribution in [-0.2, 0) is 4.79 Å². The number of amides is 1. The Kier molecular flexibility index (Phi) is 4.07. The van der Waals surface area contributed by atoms with Crippen LogP contribution in [0.4, 0.5) is 10.3 Å². The number of halogens is 1. The zero-order valence-corrected chi connectivity index (χ0v) is 10.3. The molecule has 1 aromatic heterocycles. The number of H-pyrrole nitrogens is 1. The van der Waals surface area contributed by atoms with Gasteiger partial charge in [0.2, 0.25) is 11.9 Å². The average molecular weight is 264 g/mol. The maximum atomic E-state index is 12.9. The summed E-state index contributed by atoms with van der Waals surface area (Å²) in [6.07, 6.45) is 0.129. The van der Waals surface area contributed by atoms with Crippen LogP contribution in [0.1, 0.15) is 12.2 Å². The second kappa shape index (κ2) is 5.94. The Hall–Kier alpha value is -2.44. The molecule has 0 radical (unpaired) electrons. The van der Waals surface area contributed by atoms with E-state index in [0.29, 0.717) is 11.6 Å². The van der Waals surface area contributed by atoms with E-state index in [4.69, 9.17) is 4.74 Å². The van der Waals surface area contributed by atoms with Crippen molar-refractivity contribution in [3.63, 3.8) is 0 Å². The highest BCUT2D eigenvalue weighted by Crippen LogP contribution is 2.12. The van der Waals surface area contributed by atoms with Crippen molar-refractivity contribution in [2.45, 2.75) is 13.3 Å². The molecule has 7 heteroatoms. The van der Waals surface area contributed by atoms with Crippen molar-refractivity contribution in [1.29, 1.82) is 0 Å². The van der Waals surface area contributed by atoms with Crippen molar-refractivity contribution in [1.82, 2.24) is 15.2 Å². The summed E-state index contributed by atoms with van der Waals surface area (Å²) in [5, 5.41) is 8.90. The number of aromatic nitrogens is 3. The normalized spacial score (nSPS) is 10.2. The summed E-state index contributed by atoms with van der Waals surface area (Å²) in [5.74, 6) is 0.592. The highest BCUT2D eigenvalue weighted by Gasteiger charge is 2.06. The van der Waals surface area contributed by atoms with Crippen LogP contribution < -0.4 is 10.1 Å². The quantitative estimate of drug-likeness (QED) is 0.860. The first-order chi connectivity index (χ1) is 9.13. The van der Waals surface area contributed by atoms with Crippen LogP contribution in [0.3, 0.4) is 0 Å². The second-order valence-corrected chi connectivity index (χ2v) is 3.85. The number of benzene rings is 1. The minimum absolute atomic E-state index is 0.129. The molecule has 0 aliphatic rings. The van der Waals surface area contributed by atoms with Crippen LogP contribution in [0.25, 0.3) is 0 Å². The Balaban J connectivity index is 1.75. The summed E-state index contributed by atoms with van der Waals surface area (Å²) in [6, 6.07) is 5.75. The Morgan fingerprint density at radius 3 is 3.05 bits per heavy atom. The van der Waals surface area contributed by atoms with Gasteiger partial charge in [0.15, 0.2) is 0 Å². The fraction of sp³-hybridized carbons (Fsp3) is 0.250. The van der Waals surface area contributed by atoms with Crippen LogP contribution in [0.15, 0.2) is 24.3 Å². The number of rotatable bonds is 5.